The fraction of sp³-hybridized carbons (Fsp3) is 0.900. The standard InChI is InChI=1S/C20H34/c1-6-19(4)12-13-20(5)15(14-19)9-10-16-17(20)8-7-11-18(16,2)3/h6,15-17H,1,7-14H2,2-5H3/t15?,16?,17?,19-,20-/m0/s1. The quantitative estimate of drug-likeness (QED) is 0.498. The average Bonchev–Trinajstić information content (AvgIpc) is 2.40. The molecule has 0 nitrogen and oxygen atoms in total. The van der Waals surface area contributed by atoms with Gasteiger partial charge in [0, 0.05) is 0 Å². The maximum absolute atomic E-state index is 4.12. The predicted molar refractivity (Wildman–Crippen MR) is 87.6 cm³/mol. The van der Waals surface area contributed by atoms with Gasteiger partial charge in [0.05, 0.1) is 0 Å². The highest BCUT2D eigenvalue weighted by Gasteiger charge is 2.55. The Hall–Kier alpha value is -0.260. The summed E-state index contributed by atoms with van der Waals surface area (Å²) in [5.41, 5.74) is 1.64. The van der Waals surface area contributed by atoms with Gasteiger partial charge in [0.15, 0.2) is 0 Å². The fourth-order valence-corrected chi connectivity index (χ4v) is 6.23. The topological polar surface area (TPSA) is 0 Å². The minimum absolute atomic E-state index is 0.418. The lowest BCUT2D eigenvalue weighted by Gasteiger charge is -2.61. The van der Waals surface area contributed by atoms with Crippen molar-refractivity contribution in [2.75, 3.05) is 0 Å². The van der Waals surface area contributed by atoms with Crippen LogP contribution in [0.4, 0.5) is 0 Å². The minimum atomic E-state index is 0.418. The van der Waals surface area contributed by atoms with Crippen LogP contribution in [0.25, 0.3) is 0 Å². The van der Waals surface area contributed by atoms with Crippen LogP contribution in [0.1, 0.15) is 79.1 Å². The lowest BCUT2D eigenvalue weighted by atomic mass is 9.44. The zero-order valence-corrected chi connectivity index (χ0v) is 14.2. The van der Waals surface area contributed by atoms with Crippen LogP contribution in [0, 0.1) is 34.0 Å². The van der Waals surface area contributed by atoms with Gasteiger partial charge in [0.2, 0.25) is 0 Å². The molecule has 0 aromatic heterocycles. The number of rotatable bonds is 1. The number of fused-ring (bicyclic) bond motifs is 3. The van der Waals surface area contributed by atoms with E-state index < -0.39 is 0 Å². The van der Waals surface area contributed by atoms with Crippen molar-refractivity contribution < 1.29 is 0 Å². The molecular weight excluding hydrogens is 240 g/mol. The van der Waals surface area contributed by atoms with Crippen LogP contribution in [-0.4, -0.2) is 0 Å². The first kappa shape index (κ1) is 14.7. The summed E-state index contributed by atoms with van der Waals surface area (Å²) in [6.07, 6.45) is 13.9. The highest BCUT2D eigenvalue weighted by molar-refractivity contribution is 5.08. The van der Waals surface area contributed by atoms with E-state index in [4.69, 9.17) is 0 Å². The van der Waals surface area contributed by atoms with Crippen molar-refractivity contribution in [1.82, 2.24) is 0 Å². The monoisotopic (exact) mass is 274 g/mol. The normalized spacial score (nSPS) is 50.9. The molecular formula is C20H34. The molecule has 0 heterocycles. The summed E-state index contributed by atoms with van der Waals surface area (Å²) in [5, 5.41) is 0. The van der Waals surface area contributed by atoms with E-state index in [1.54, 1.807) is 0 Å². The van der Waals surface area contributed by atoms with Gasteiger partial charge in [-0.15, -0.1) is 6.58 Å². The Kier molecular flexibility index (Phi) is 3.39. The number of allylic oxidation sites excluding steroid dienone is 1. The highest BCUT2D eigenvalue weighted by atomic mass is 14.6. The van der Waals surface area contributed by atoms with E-state index in [1.165, 1.54) is 51.4 Å². The Labute approximate surface area is 126 Å². The molecule has 3 aliphatic carbocycles. The van der Waals surface area contributed by atoms with Crippen molar-refractivity contribution in [2.45, 2.75) is 79.1 Å². The van der Waals surface area contributed by atoms with Gasteiger partial charge in [-0.25, -0.2) is 0 Å². The summed E-state index contributed by atoms with van der Waals surface area (Å²) in [4.78, 5) is 0. The molecule has 0 spiro atoms. The molecule has 114 valence electrons. The van der Waals surface area contributed by atoms with E-state index in [1.807, 2.05) is 0 Å². The third kappa shape index (κ3) is 2.09. The summed E-state index contributed by atoms with van der Waals surface area (Å²) >= 11 is 0. The van der Waals surface area contributed by atoms with Crippen molar-refractivity contribution >= 4 is 0 Å². The third-order valence-corrected chi connectivity index (χ3v) is 7.87. The van der Waals surface area contributed by atoms with Crippen LogP contribution in [0.3, 0.4) is 0 Å². The molecule has 0 heteroatoms. The van der Waals surface area contributed by atoms with Gasteiger partial charge < -0.3 is 0 Å². The second kappa shape index (κ2) is 4.62. The maximum atomic E-state index is 4.12. The lowest BCUT2D eigenvalue weighted by Crippen LogP contribution is -2.53. The molecule has 20 heavy (non-hydrogen) atoms. The molecule has 0 bridgehead atoms. The molecule has 0 radical (unpaired) electrons. The van der Waals surface area contributed by atoms with E-state index in [0.29, 0.717) is 16.2 Å². The summed E-state index contributed by atoms with van der Waals surface area (Å²) in [6.45, 7) is 14.3. The molecule has 0 N–H and O–H groups in total. The molecule has 0 aromatic carbocycles. The molecule has 0 aromatic rings. The van der Waals surface area contributed by atoms with Gasteiger partial charge >= 0.3 is 0 Å². The van der Waals surface area contributed by atoms with Crippen LogP contribution in [0.2, 0.25) is 0 Å². The van der Waals surface area contributed by atoms with Gasteiger partial charge in [0.1, 0.15) is 0 Å². The van der Waals surface area contributed by atoms with Crippen molar-refractivity contribution in [3.8, 4) is 0 Å². The summed E-state index contributed by atoms with van der Waals surface area (Å²) in [6, 6.07) is 0. The Balaban J connectivity index is 1.87. The predicted octanol–water partition coefficient (Wildman–Crippen LogP) is 6.22. The van der Waals surface area contributed by atoms with Gasteiger partial charge in [-0.3, -0.25) is 0 Å². The molecule has 0 saturated heterocycles. The van der Waals surface area contributed by atoms with Crippen molar-refractivity contribution in [2.24, 2.45) is 34.0 Å². The summed E-state index contributed by atoms with van der Waals surface area (Å²) in [7, 11) is 0. The Morgan fingerprint density at radius 1 is 0.900 bits per heavy atom. The Morgan fingerprint density at radius 3 is 2.35 bits per heavy atom. The molecule has 3 fully saturated rings. The molecule has 3 saturated carbocycles. The average molecular weight is 274 g/mol. The van der Waals surface area contributed by atoms with Crippen LogP contribution >= 0.6 is 0 Å². The van der Waals surface area contributed by atoms with E-state index in [0.717, 1.165) is 17.8 Å². The van der Waals surface area contributed by atoms with Crippen LogP contribution in [0.15, 0.2) is 12.7 Å². The number of hydrogen-bond donors (Lipinski definition) is 0. The van der Waals surface area contributed by atoms with Gasteiger partial charge in [-0.1, -0.05) is 40.2 Å². The second-order valence-corrected chi connectivity index (χ2v) is 9.44. The van der Waals surface area contributed by atoms with Crippen LogP contribution < -0.4 is 0 Å². The first-order chi connectivity index (χ1) is 9.31. The smallest absolute Gasteiger partial charge is 0.0146 e. The molecule has 0 aliphatic heterocycles. The molecule has 5 atom stereocenters. The van der Waals surface area contributed by atoms with Crippen LogP contribution in [0.5, 0.6) is 0 Å². The van der Waals surface area contributed by atoms with Crippen molar-refractivity contribution in [1.29, 1.82) is 0 Å². The van der Waals surface area contributed by atoms with Crippen molar-refractivity contribution in [3.05, 3.63) is 12.7 Å². The summed E-state index contributed by atoms with van der Waals surface area (Å²) in [5.74, 6) is 2.94. The van der Waals surface area contributed by atoms with E-state index >= 15 is 0 Å². The van der Waals surface area contributed by atoms with E-state index in [9.17, 15) is 0 Å². The van der Waals surface area contributed by atoms with E-state index in [2.05, 4.69) is 40.3 Å². The molecule has 3 rings (SSSR count). The van der Waals surface area contributed by atoms with Crippen LogP contribution in [-0.2, 0) is 0 Å². The lowest BCUT2D eigenvalue weighted by molar-refractivity contribution is -0.113. The van der Waals surface area contributed by atoms with Gasteiger partial charge in [-0.05, 0) is 78.9 Å². The summed E-state index contributed by atoms with van der Waals surface area (Å²) < 4.78 is 0. The first-order valence-corrected chi connectivity index (χ1v) is 8.94. The Bertz CT molecular complexity index is 393. The SMILES string of the molecule is C=C[C@@]1(C)CC[C@@]2(C)C(CCC3C2CCCC3(C)C)C1. The molecule has 3 unspecified atom stereocenters. The third-order valence-electron chi connectivity index (χ3n) is 7.87. The van der Waals surface area contributed by atoms with Gasteiger partial charge in [0.25, 0.3) is 0 Å². The maximum Gasteiger partial charge on any atom is -0.0146 e. The molecule has 0 amide bonds. The second-order valence-electron chi connectivity index (χ2n) is 9.44. The fourth-order valence-electron chi connectivity index (χ4n) is 6.23. The minimum Gasteiger partial charge on any atom is -0.103 e. The first-order valence-electron chi connectivity index (χ1n) is 8.94. The molecule has 3 aliphatic rings. The highest BCUT2D eigenvalue weighted by Crippen LogP contribution is 2.64. The van der Waals surface area contributed by atoms with Gasteiger partial charge in [-0.2, -0.15) is 0 Å². The zero-order valence-electron chi connectivity index (χ0n) is 14.2. The zero-order chi connectivity index (χ0) is 14.6. The van der Waals surface area contributed by atoms with Crippen molar-refractivity contribution in [3.63, 3.8) is 0 Å². The number of hydrogen-bond acceptors (Lipinski definition) is 0. The van der Waals surface area contributed by atoms with E-state index in [-0.39, 0.29) is 0 Å². The Morgan fingerprint density at radius 2 is 1.65 bits per heavy atom. The largest absolute Gasteiger partial charge is 0.103 e.